The summed E-state index contributed by atoms with van der Waals surface area (Å²) in [5.41, 5.74) is 8.81. The van der Waals surface area contributed by atoms with E-state index in [9.17, 15) is 18.8 Å². The fraction of sp³-hybridized carbons (Fsp3) is 0.320. The van der Waals surface area contributed by atoms with Gasteiger partial charge in [0.2, 0.25) is 5.92 Å². The van der Waals surface area contributed by atoms with E-state index in [4.69, 9.17) is 10.5 Å². The molecule has 0 spiro atoms. The first kappa shape index (κ1) is 23.2. The van der Waals surface area contributed by atoms with Crippen molar-refractivity contribution in [2.45, 2.75) is 44.2 Å². The second-order valence-corrected chi connectivity index (χ2v) is 8.33. The van der Waals surface area contributed by atoms with Gasteiger partial charge in [-0.25, -0.2) is 13.5 Å². The van der Waals surface area contributed by atoms with Crippen LogP contribution in [0.3, 0.4) is 0 Å². The molecule has 0 saturated heterocycles. The van der Waals surface area contributed by atoms with Crippen molar-refractivity contribution in [3.63, 3.8) is 0 Å². The molecule has 7 nitrogen and oxygen atoms in total. The SMILES string of the molecule is COc1ccccc1C(=O)NCc1ccc(-c2nn(C3CCC(F)(F)CC3)c(N)c2C#N)cc1. The standard InChI is InChI=1S/C25H25F2N5O2/c1-34-21-5-3-2-4-19(21)24(33)30-15-16-6-8-17(9-7-16)22-20(14-28)23(29)32(31-22)18-10-12-25(26,27)13-11-18/h2-9,18H,10-13,15,29H2,1H3,(H,30,33). The number of aromatic nitrogens is 2. The molecule has 9 heteroatoms. The molecule has 0 aliphatic heterocycles. The lowest BCUT2D eigenvalue weighted by molar-refractivity contribution is -0.0447. The highest BCUT2D eigenvalue weighted by atomic mass is 19.3. The first-order valence-electron chi connectivity index (χ1n) is 11.0. The zero-order chi connectivity index (χ0) is 24.3. The number of anilines is 1. The summed E-state index contributed by atoms with van der Waals surface area (Å²) < 4.78 is 33.8. The van der Waals surface area contributed by atoms with E-state index in [2.05, 4.69) is 16.5 Å². The van der Waals surface area contributed by atoms with Crippen LogP contribution in [0.5, 0.6) is 5.75 Å². The number of rotatable bonds is 6. The number of para-hydroxylation sites is 1. The van der Waals surface area contributed by atoms with Gasteiger partial charge >= 0.3 is 0 Å². The van der Waals surface area contributed by atoms with Crippen molar-refractivity contribution in [1.29, 1.82) is 5.26 Å². The van der Waals surface area contributed by atoms with E-state index in [-0.39, 0.29) is 49.0 Å². The number of nitrogen functional groups attached to an aromatic ring is 1. The maximum atomic E-state index is 13.5. The van der Waals surface area contributed by atoms with Crippen LogP contribution in [0.4, 0.5) is 14.6 Å². The summed E-state index contributed by atoms with van der Waals surface area (Å²) in [4.78, 5) is 12.5. The van der Waals surface area contributed by atoms with Crippen molar-refractivity contribution in [2.24, 2.45) is 0 Å². The fourth-order valence-corrected chi connectivity index (χ4v) is 4.20. The van der Waals surface area contributed by atoms with Crippen LogP contribution >= 0.6 is 0 Å². The molecule has 1 aliphatic rings. The van der Waals surface area contributed by atoms with Crippen LogP contribution in [0.25, 0.3) is 11.3 Å². The molecule has 1 aliphatic carbocycles. The molecule has 1 saturated carbocycles. The number of hydrogen-bond acceptors (Lipinski definition) is 5. The Morgan fingerprint density at radius 3 is 2.56 bits per heavy atom. The van der Waals surface area contributed by atoms with Crippen LogP contribution in [0.1, 0.15) is 53.2 Å². The van der Waals surface area contributed by atoms with E-state index in [1.807, 2.05) is 12.1 Å². The molecule has 0 atom stereocenters. The van der Waals surface area contributed by atoms with E-state index < -0.39 is 5.92 Å². The molecule has 2 aromatic carbocycles. The normalized spacial score (nSPS) is 15.5. The summed E-state index contributed by atoms with van der Waals surface area (Å²) in [5.74, 6) is -2.22. The predicted octanol–water partition coefficient (Wildman–Crippen LogP) is 4.69. The van der Waals surface area contributed by atoms with Gasteiger partial charge in [0.25, 0.3) is 5.91 Å². The highest BCUT2D eigenvalue weighted by Gasteiger charge is 2.37. The van der Waals surface area contributed by atoms with Gasteiger partial charge in [0.15, 0.2) is 0 Å². The van der Waals surface area contributed by atoms with E-state index in [0.29, 0.717) is 29.1 Å². The Kier molecular flexibility index (Phi) is 6.50. The number of amides is 1. The number of carbonyl (C=O) groups is 1. The number of nitriles is 1. The van der Waals surface area contributed by atoms with E-state index >= 15 is 0 Å². The van der Waals surface area contributed by atoms with Gasteiger partial charge in [0.1, 0.15) is 28.9 Å². The van der Waals surface area contributed by atoms with Crippen LogP contribution in [0.15, 0.2) is 48.5 Å². The monoisotopic (exact) mass is 465 g/mol. The molecule has 1 heterocycles. The molecule has 0 bridgehead atoms. The Morgan fingerprint density at radius 2 is 1.91 bits per heavy atom. The van der Waals surface area contributed by atoms with E-state index in [1.165, 1.54) is 11.8 Å². The van der Waals surface area contributed by atoms with E-state index in [1.54, 1.807) is 36.4 Å². The van der Waals surface area contributed by atoms with Crippen LogP contribution < -0.4 is 15.8 Å². The Morgan fingerprint density at radius 1 is 1.24 bits per heavy atom. The molecule has 0 unspecified atom stereocenters. The van der Waals surface area contributed by atoms with Crippen LogP contribution in [-0.2, 0) is 6.54 Å². The minimum absolute atomic E-state index is 0.195. The summed E-state index contributed by atoms with van der Waals surface area (Å²) >= 11 is 0. The lowest BCUT2D eigenvalue weighted by Crippen LogP contribution is -2.27. The minimum atomic E-state index is -2.66. The molecule has 0 radical (unpaired) electrons. The van der Waals surface area contributed by atoms with Gasteiger partial charge in [-0.3, -0.25) is 4.79 Å². The number of hydrogen-bond donors (Lipinski definition) is 2. The minimum Gasteiger partial charge on any atom is -0.496 e. The molecule has 34 heavy (non-hydrogen) atoms. The maximum absolute atomic E-state index is 13.5. The van der Waals surface area contributed by atoms with Crippen molar-refractivity contribution in [1.82, 2.24) is 15.1 Å². The summed E-state index contributed by atoms with van der Waals surface area (Å²) in [6, 6.07) is 16.1. The number of methoxy groups -OCH3 is 1. The number of benzene rings is 2. The lowest BCUT2D eigenvalue weighted by Gasteiger charge is -2.28. The Hall–Kier alpha value is -3.93. The molecule has 1 aromatic heterocycles. The third-order valence-electron chi connectivity index (χ3n) is 6.12. The number of carbonyl (C=O) groups excluding carboxylic acids is 1. The quantitative estimate of drug-likeness (QED) is 0.549. The van der Waals surface area contributed by atoms with Crippen molar-refractivity contribution in [3.05, 3.63) is 65.2 Å². The largest absolute Gasteiger partial charge is 0.496 e. The molecule has 3 N–H and O–H groups in total. The second kappa shape index (κ2) is 9.51. The van der Waals surface area contributed by atoms with Crippen LogP contribution in [-0.4, -0.2) is 28.7 Å². The summed E-state index contributed by atoms with van der Waals surface area (Å²) in [5, 5.41) is 17.0. The Labute approximate surface area is 196 Å². The number of halogens is 2. The molecule has 4 rings (SSSR count). The van der Waals surface area contributed by atoms with Crippen LogP contribution in [0, 0.1) is 11.3 Å². The van der Waals surface area contributed by atoms with E-state index in [0.717, 1.165) is 5.56 Å². The highest BCUT2D eigenvalue weighted by molar-refractivity contribution is 5.96. The molecule has 1 fully saturated rings. The number of ether oxygens (including phenoxy) is 1. The average Bonchev–Trinajstić information content (AvgIpc) is 3.18. The first-order chi connectivity index (χ1) is 16.3. The third-order valence-corrected chi connectivity index (χ3v) is 6.12. The van der Waals surface area contributed by atoms with Gasteiger partial charge in [-0.1, -0.05) is 36.4 Å². The lowest BCUT2D eigenvalue weighted by atomic mass is 9.92. The van der Waals surface area contributed by atoms with Crippen molar-refractivity contribution in [2.75, 3.05) is 12.8 Å². The Bertz CT molecular complexity index is 1220. The molecule has 1 amide bonds. The maximum Gasteiger partial charge on any atom is 0.255 e. The van der Waals surface area contributed by atoms with Gasteiger partial charge < -0.3 is 15.8 Å². The van der Waals surface area contributed by atoms with Gasteiger partial charge in [-0.05, 0) is 30.5 Å². The zero-order valence-electron chi connectivity index (χ0n) is 18.7. The second-order valence-electron chi connectivity index (χ2n) is 8.33. The summed E-state index contributed by atoms with van der Waals surface area (Å²) in [6.45, 7) is 0.301. The number of nitrogens with two attached hydrogens (primary N) is 1. The topological polar surface area (TPSA) is 106 Å². The smallest absolute Gasteiger partial charge is 0.255 e. The molecule has 3 aromatic rings. The van der Waals surface area contributed by atoms with Gasteiger partial charge in [0, 0.05) is 24.9 Å². The van der Waals surface area contributed by atoms with Gasteiger partial charge in [-0.15, -0.1) is 0 Å². The molecular formula is C25H25F2N5O2. The number of alkyl halides is 2. The first-order valence-corrected chi connectivity index (χ1v) is 11.0. The number of nitrogens with one attached hydrogen (secondary N) is 1. The Balaban J connectivity index is 1.48. The third kappa shape index (κ3) is 4.71. The molecule has 176 valence electrons. The van der Waals surface area contributed by atoms with Gasteiger partial charge in [-0.2, -0.15) is 10.4 Å². The number of nitrogens with zero attached hydrogens (tertiary/aromatic N) is 3. The summed E-state index contributed by atoms with van der Waals surface area (Å²) in [7, 11) is 1.51. The summed E-state index contributed by atoms with van der Waals surface area (Å²) in [6.07, 6.45) is 0.0783. The average molecular weight is 466 g/mol. The van der Waals surface area contributed by atoms with Crippen molar-refractivity contribution < 1.29 is 18.3 Å². The van der Waals surface area contributed by atoms with Crippen molar-refractivity contribution in [3.8, 4) is 23.1 Å². The van der Waals surface area contributed by atoms with Crippen LogP contribution in [0.2, 0.25) is 0 Å². The van der Waals surface area contributed by atoms with Crippen molar-refractivity contribution >= 4 is 11.7 Å². The molecular weight excluding hydrogens is 440 g/mol. The zero-order valence-corrected chi connectivity index (χ0v) is 18.7. The highest BCUT2D eigenvalue weighted by Crippen LogP contribution is 2.40. The predicted molar refractivity (Wildman–Crippen MR) is 123 cm³/mol. The fourth-order valence-electron chi connectivity index (χ4n) is 4.20. The van der Waals surface area contributed by atoms with Gasteiger partial charge in [0.05, 0.1) is 18.7 Å².